The van der Waals surface area contributed by atoms with Crippen LogP contribution in [-0.2, 0) is 4.74 Å². The fraction of sp³-hybridized carbons (Fsp3) is 1.00. The molecular formula is C8H20N2O. The van der Waals surface area contributed by atoms with Gasteiger partial charge in [-0.15, -0.1) is 0 Å². The fourth-order valence-electron chi connectivity index (χ4n) is 0.683. The number of hydrazine groups is 1. The van der Waals surface area contributed by atoms with Crippen LogP contribution in [0.2, 0.25) is 0 Å². The minimum Gasteiger partial charge on any atom is -0.379 e. The minimum atomic E-state index is -0.0109. The number of hydrogen-bond donors (Lipinski definition) is 1. The molecule has 0 aliphatic rings. The molecule has 3 nitrogen and oxygen atoms in total. The lowest BCUT2D eigenvalue weighted by molar-refractivity contribution is 0.0126. The van der Waals surface area contributed by atoms with Gasteiger partial charge in [0.05, 0.1) is 5.60 Å². The summed E-state index contributed by atoms with van der Waals surface area (Å²) < 4.78 is 5.26. The minimum absolute atomic E-state index is 0.0109. The third-order valence-electron chi connectivity index (χ3n) is 1.71. The molecule has 0 aliphatic carbocycles. The largest absolute Gasteiger partial charge is 0.379 e. The van der Waals surface area contributed by atoms with Gasteiger partial charge in [0.15, 0.2) is 0 Å². The van der Waals surface area contributed by atoms with Gasteiger partial charge < -0.3 is 4.74 Å². The van der Waals surface area contributed by atoms with Crippen LogP contribution in [0.1, 0.15) is 20.3 Å². The molecule has 0 unspecified atom stereocenters. The van der Waals surface area contributed by atoms with Gasteiger partial charge in [-0.1, -0.05) is 0 Å². The Balaban J connectivity index is 3.38. The monoisotopic (exact) mass is 160 g/mol. The summed E-state index contributed by atoms with van der Waals surface area (Å²) in [6.45, 7) is 5.13. The fourth-order valence-corrected chi connectivity index (χ4v) is 0.683. The maximum Gasteiger partial charge on any atom is 0.0635 e. The van der Waals surface area contributed by atoms with Crippen molar-refractivity contribution in [2.75, 3.05) is 27.7 Å². The van der Waals surface area contributed by atoms with Crippen LogP contribution in [0.4, 0.5) is 0 Å². The Hall–Kier alpha value is -0.120. The SMILES string of the molecule is COC(C)(C)CCNN(C)C. The van der Waals surface area contributed by atoms with Gasteiger partial charge in [-0.2, -0.15) is 0 Å². The van der Waals surface area contributed by atoms with E-state index in [0.717, 1.165) is 13.0 Å². The maximum absolute atomic E-state index is 5.26. The Kier molecular flexibility index (Phi) is 4.65. The van der Waals surface area contributed by atoms with Crippen molar-refractivity contribution in [3.63, 3.8) is 0 Å². The smallest absolute Gasteiger partial charge is 0.0635 e. The first kappa shape index (κ1) is 10.9. The molecule has 0 aromatic carbocycles. The summed E-state index contributed by atoms with van der Waals surface area (Å²) in [7, 11) is 5.72. The molecule has 0 heterocycles. The maximum atomic E-state index is 5.26. The van der Waals surface area contributed by atoms with Gasteiger partial charge in [0.1, 0.15) is 0 Å². The topological polar surface area (TPSA) is 24.5 Å². The van der Waals surface area contributed by atoms with Crippen LogP contribution in [0, 0.1) is 0 Å². The molecule has 68 valence electrons. The van der Waals surface area contributed by atoms with Crippen LogP contribution >= 0.6 is 0 Å². The molecule has 1 N–H and O–H groups in total. The van der Waals surface area contributed by atoms with Crippen molar-refractivity contribution < 1.29 is 4.74 Å². The molecule has 0 atom stereocenters. The third kappa shape index (κ3) is 6.28. The van der Waals surface area contributed by atoms with Crippen LogP contribution in [0.5, 0.6) is 0 Å². The number of rotatable bonds is 5. The van der Waals surface area contributed by atoms with Crippen LogP contribution in [0.15, 0.2) is 0 Å². The molecule has 0 aromatic rings. The van der Waals surface area contributed by atoms with Crippen molar-refractivity contribution in [1.82, 2.24) is 10.4 Å². The average molecular weight is 160 g/mol. The molecule has 3 heteroatoms. The standard InChI is InChI=1S/C8H20N2O/c1-8(2,11-5)6-7-9-10(3)4/h9H,6-7H2,1-5H3. The van der Waals surface area contributed by atoms with E-state index in [1.54, 1.807) is 7.11 Å². The Morgan fingerprint density at radius 2 is 1.91 bits per heavy atom. The molecule has 0 bridgehead atoms. The van der Waals surface area contributed by atoms with Crippen molar-refractivity contribution in [2.45, 2.75) is 25.9 Å². The van der Waals surface area contributed by atoms with Crippen molar-refractivity contribution in [3.05, 3.63) is 0 Å². The molecule has 0 spiro atoms. The Morgan fingerprint density at radius 3 is 2.27 bits per heavy atom. The summed E-state index contributed by atoms with van der Waals surface area (Å²) in [6, 6.07) is 0. The van der Waals surface area contributed by atoms with Gasteiger partial charge in [0.25, 0.3) is 0 Å². The lowest BCUT2D eigenvalue weighted by atomic mass is 10.1. The zero-order valence-corrected chi connectivity index (χ0v) is 8.27. The van der Waals surface area contributed by atoms with Gasteiger partial charge in [-0.3, -0.25) is 10.4 Å². The van der Waals surface area contributed by atoms with E-state index in [0.29, 0.717) is 0 Å². The predicted octanol–water partition coefficient (Wildman–Crippen LogP) is 0.868. The van der Waals surface area contributed by atoms with Gasteiger partial charge in [-0.25, -0.2) is 0 Å². The highest BCUT2D eigenvalue weighted by Gasteiger charge is 2.14. The zero-order valence-electron chi connectivity index (χ0n) is 8.27. The summed E-state index contributed by atoms with van der Waals surface area (Å²) in [5.74, 6) is 0. The first-order chi connectivity index (χ1) is 4.98. The lowest BCUT2D eigenvalue weighted by Gasteiger charge is -2.23. The van der Waals surface area contributed by atoms with E-state index >= 15 is 0 Å². The van der Waals surface area contributed by atoms with Crippen molar-refractivity contribution >= 4 is 0 Å². The molecule has 0 saturated heterocycles. The van der Waals surface area contributed by atoms with Crippen molar-refractivity contribution in [2.24, 2.45) is 0 Å². The molecule has 0 aromatic heterocycles. The number of nitrogens with zero attached hydrogens (tertiary/aromatic N) is 1. The quantitative estimate of drug-likeness (QED) is 0.604. The molecule has 0 fully saturated rings. The number of hydrogen-bond acceptors (Lipinski definition) is 3. The third-order valence-corrected chi connectivity index (χ3v) is 1.71. The van der Waals surface area contributed by atoms with Crippen LogP contribution in [0.3, 0.4) is 0 Å². The molecule has 0 radical (unpaired) electrons. The van der Waals surface area contributed by atoms with Crippen LogP contribution < -0.4 is 5.43 Å². The highest BCUT2D eigenvalue weighted by atomic mass is 16.5. The van der Waals surface area contributed by atoms with E-state index in [9.17, 15) is 0 Å². The van der Waals surface area contributed by atoms with Crippen LogP contribution in [-0.4, -0.2) is 38.4 Å². The highest BCUT2D eigenvalue weighted by Crippen LogP contribution is 2.10. The highest BCUT2D eigenvalue weighted by molar-refractivity contribution is 4.67. The molecule has 0 rings (SSSR count). The van der Waals surface area contributed by atoms with E-state index < -0.39 is 0 Å². The number of nitrogens with one attached hydrogen (secondary N) is 1. The number of methoxy groups -OCH3 is 1. The van der Waals surface area contributed by atoms with Gasteiger partial charge in [0.2, 0.25) is 0 Å². The first-order valence-corrected chi connectivity index (χ1v) is 3.94. The van der Waals surface area contributed by atoms with Gasteiger partial charge >= 0.3 is 0 Å². The summed E-state index contributed by atoms with van der Waals surface area (Å²) in [5.41, 5.74) is 3.18. The lowest BCUT2D eigenvalue weighted by Crippen LogP contribution is -2.35. The Labute approximate surface area is 69.7 Å². The Morgan fingerprint density at radius 1 is 1.36 bits per heavy atom. The van der Waals surface area contributed by atoms with Crippen LogP contribution in [0.25, 0.3) is 0 Å². The second-order valence-electron chi connectivity index (χ2n) is 3.52. The zero-order chi connectivity index (χ0) is 8.91. The van der Waals surface area contributed by atoms with Gasteiger partial charge in [0, 0.05) is 27.7 Å². The number of ether oxygens (including phenoxy) is 1. The second kappa shape index (κ2) is 4.70. The second-order valence-corrected chi connectivity index (χ2v) is 3.52. The van der Waals surface area contributed by atoms with E-state index in [2.05, 4.69) is 19.3 Å². The summed E-state index contributed by atoms with van der Waals surface area (Å²) in [6.07, 6.45) is 1.02. The molecule has 0 saturated carbocycles. The van der Waals surface area contributed by atoms with E-state index in [-0.39, 0.29) is 5.60 Å². The van der Waals surface area contributed by atoms with E-state index in [1.165, 1.54) is 0 Å². The van der Waals surface area contributed by atoms with Crippen molar-refractivity contribution in [1.29, 1.82) is 0 Å². The normalized spacial score (nSPS) is 12.5. The molecular weight excluding hydrogens is 140 g/mol. The molecule has 11 heavy (non-hydrogen) atoms. The summed E-state index contributed by atoms with van der Waals surface area (Å²) >= 11 is 0. The summed E-state index contributed by atoms with van der Waals surface area (Å²) in [4.78, 5) is 0. The van der Waals surface area contributed by atoms with E-state index in [4.69, 9.17) is 4.74 Å². The predicted molar refractivity (Wildman–Crippen MR) is 47.4 cm³/mol. The summed E-state index contributed by atoms with van der Waals surface area (Å²) in [5, 5.41) is 1.95. The molecule has 0 aliphatic heterocycles. The van der Waals surface area contributed by atoms with E-state index in [1.807, 2.05) is 19.1 Å². The van der Waals surface area contributed by atoms with Crippen molar-refractivity contribution in [3.8, 4) is 0 Å². The van der Waals surface area contributed by atoms with Gasteiger partial charge in [-0.05, 0) is 20.3 Å². The first-order valence-electron chi connectivity index (χ1n) is 3.94. The Bertz CT molecular complexity index is 102. The average Bonchev–Trinajstić information content (AvgIpc) is 1.87. The molecule has 0 amide bonds.